The van der Waals surface area contributed by atoms with Gasteiger partial charge in [0.25, 0.3) is 0 Å². The highest BCUT2D eigenvalue weighted by atomic mass is 79.9. The summed E-state index contributed by atoms with van der Waals surface area (Å²) in [5.41, 5.74) is 0. The molecule has 0 aromatic heterocycles. The normalized spacial score (nSPS) is 12.7. The minimum Gasteiger partial charge on any atom is -0.344 e. The molecule has 78 valence electrons. The Hall–Kier alpha value is 0.990. The van der Waals surface area contributed by atoms with Crippen LogP contribution < -0.4 is 12.3 Å². The third kappa shape index (κ3) is 13.6. The van der Waals surface area contributed by atoms with Crippen LogP contribution in [0.15, 0.2) is 0 Å². The summed E-state index contributed by atoms with van der Waals surface area (Å²) in [6, 6.07) is 0. The van der Waals surface area contributed by atoms with Crippen molar-refractivity contribution in [2.45, 2.75) is 4.83 Å². The van der Waals surface area contributed by atoms with Crippen LogP contribution in [0.5, 0.6) is 0 Å². The molecule has 1 atom stereocenters. The third-order valence-electron chi connectivity index (χ3n) is 0.591. The molecule has 0 saturated carbocycles. The minimum atomic E-state index is -4.28. The van der Waals surface area contributed by atoms with E-state index < -0.39 is 7.82 Å². The molecule has 0 rings (SSSR count). The molecule has 9 heteroatoms. The maximum atomic E-state index is 10.1. The Morgan fingerprint density at radius 1 is 1.42 bits per heavy atom. The van der Waals surface area contributed by atoms with Crippen molar-refractivity contribution in [1.29, 1.82) is 0 Å². The lowest BCUT2D eigenvalue weighted by molar-refractivity contribution is 0.201. The molecule has 0 radical (unpaired) electrons. The van der Waals surface area contributed by atoms with Crippen molar-refractivity contribution in [3.63, 3.8) is 0 Å². The minimum absolute atomic E-state index is 0. The van der Waals surface area contributed by atoms with Crippen molar-refractivity contribution in [2.24, 2.45) is 0 Å². The molecule has 0 aromatic rings. The molecule has 0 spiro atoms. The average Bonchev–Trinajstić information content (AvgIpc) is 1.81. The highest BCUT2D eigenvalue weighted by molar-refractivity contribution is 9.12. The quantitative estimate of drug-likeness (QED) is 0.456. The van der Waals surface area contributed by atoms with E-state index in [2.05, 4.69) is 36.4 Å². The number of halogens is 2. The number of alkyl halides is 2. The van der Waals surface area contributed by atoms with E-state index in [1.807, 2.05) is 0 Å². The first-order valence-corrected chi connectivity index (χ1v) is 5.92. The Kier molecular flexibility index (Phi) is 13.4. The van der Waals surface area contributed by atoms with Gasteiger partial charge in [0.2, 0.25) is 0 Å². The van der Waals surface area contributed by atoms with E-state index in [4.69, 9.17) is 9.79 Å². The van der Waals surface area contributed by atoms with Crippen LogP contribution in [-0.2, 0) is 9.09 Å². The summed E-state index contributed by atoms with van der Waals surface area (Å²) in [5.74, 6) is 0. The molecule has 0 aliphatic heterocycles. The molecule has 0 amide bonds. The van der Waals surface area contributed by atoms with Crippen molar-refractivity contribution < 1.29 is 18.9 Å². The van der Waals surface area contributed by atoms with Crippen LogP contribution >= 0.6 is 39.7 Å². The van der Waals surface area contributed by atoms with Gasteiger partial charge < -0.3 is 22.1 Å². The standard InChI is InChI=1S/C3H7Br2O4P.2H3N/c4-1-3(5)2-9-10(6,7)8;;/h3H,1-2H2,(H2,6,7,8);2*1H3. The number of rotatable bonds is 4. The zero-order valence-electron chi connectivity index (χ0n) is 6.32. The van der Waals surface area contributed by atoms with E-state index in [0.29, 0.717) is 5.33 Å². The predicted octanol–water partition coefficient (Wildman–Crippen LogP) is 1.58. The Bertz CT molecular complexity index is 142. The lowest BCUT2D eigenvalue weighted by atomic mass is 10.5. The predicted molar refractivity (Wildman–Crippen MR) is 54.5 cm³/mol. The smallest absolute Gasteiger partial charge is 0.344 e. The van der Waals surface area contributed by atoms with Crippen molar-refractivity contribution in [1.82, 2.24) is 12.3 Å². The second-order valence-electron chi connectivity index (χ2n) is 1.54. The van der Waals surface area contributed by atoms with Gasteiger partial charge >= 0.3 is 7.82 Å². The molecule has 0 aromatic carbocycles. The van der Waals surface area contributed by atoms with Gasteiger partial charge in [0.05, 0.1) is 6.61 Å². The number of hydrogen-bond donors (Lipinski definition) is 4. The topological polar surface area (TPSA) is 137 Å². The van der Waals surface area contributed by atoms with E-state index >= 15 is 0 Å². The van der Waals surface area contributed by atoms with Gasteiger partial charge in [0.15, 0.2) is 0 Å². The molecule has 12 heavy (non-hydrogen) atoms. The van der Waals surface area contributed by atoms with E-state index in [9.17, 15) is 4.57 Å². The average molecular weight is 332 g/mol. The zero-order valence-corrected chi connectivity index (χ0v) is 10.4. The zero-order chi connectivity index (χ0) is 8.20. The number of phosphoric ester groups is 1. The van der Waals surface area contributed by atoms with Gasteiger partial charge in [-0.2, -0.15) is 0 Å². The van der Waals surface area contributed by atoms with E-state index in [1.165, 1.54) is 0 Å². The van der Waals surface area contributed by atoms with Gasteiger partial charge in [-0.25, -0.2) is 4.57 Å². The fourth-order valence-electron chi connectivity index (χ4n) is 0.223. The number of phosphoric acid groups is 1. The monoisotopic (exact) mass is 330 g/mol. The Balaban J connectivity index is -0.000000405. The molecule has 1 unspecified atom stereocenters. The van der Waals surface area contributed by atoms with Crippen LogP contribution in [0, 0.1) is 0 Å². The molecule has 0 fully saturated rings. The maximum absolute atomic E-state index is 10.1. The van der Waals surface area contributed by atoms with Crippen molar-refractivity contribution in [3.05, 3.63) is 0 Å². The molecule has 0 heterocycles. The summed E-state index contributed by atoms with van der Waals surface area (Å²) in [5, 5.41) is 0.590. The molecular weight excluding hydrogens is 319 g/mol. The highest BCUT2D eigenvalue weighted by Crippen LogP contribution is 2.36. The van der Waals surface area contributed by atoms with Crippen LogP contribution in [0.3, 0.4) is 0 Å². The summed E-state index contributed by atoms with van der Waals surface area (Å²) in [6.07, 6.45) is 0. The molecule has 0 aliphatic carbocycles. The van der Waals surface area contributed by atoms with Gasteiger partial charge in [0, 0.05) is 10.2 Å². The fourth-order valence-corrected chi connectivity index (χ4v) is 1.12. The van der Waals surface area contributed by atoms with Crippen LogP contribution in [0.1, 0.15) is 0 Å². The van der Waals surface area contributed by atoms with Crippen LogP contribution in [-0.4, -0.2) is 26.6 Å². The van der Waals surface area contributed by atoms with Gasteiger partial charge in [0.1, 0.15) is 0 Å². The van der Waals surface area contributed by atoms with Crippen molar-refractivity contribution in [2.75, 3.05) is 11.9 Å². The fraction of sp³-hybridized carbons (Fsp3) is 1.00. The van der Waals surface area contributed by atoms with Gasteiger partial charge in [-0.3, -0.25) is 4.52 Å². The Morgan fingerprint density at radius 2 is 1.83 bits per heavy atom. The second kappa shape index (κ2) is 8.58. The number of hydrogen-bond acceptors (Lipinski definition) is 4. The van der Waals surface area contributed by atoms with Crippen molar-refractivity contribution in [3.8, 4) is 0 Å². The molecular formula is C3H13Br2N2O4P. The molecule has 0 saturated heterocycles. The Labute approximate surface area is 87.7 Å². The summed E-state index contributed by atoms with van der Waals surface area (Å²) in [6.45, 7) is -0.00444. The van der Waals surface area contributed by atoms with Crippen molar-refractivity contribution >= 4 is 39.7 Å². The molecule has 8 N–H and O–H groups in total. The van der Waals surface area contributed by atoms with E-state index in [0.717, 1.165) is 0 Å². The lowest BCUT2D eigenvalue weighted by Gasteiger charge is -2.07. The summed E-state index contributed by atoms with van der Waals surface area (Å²) in [7, 11) is -4.28. The third-order valence-corrected chi connectivity index (χ3v) is 3.31. The molecule has 6 nitrogen and oxygen atoms in total. The summed E-state index contributed by atoms with van der Waals surface area (Å²) < 4.78 is 14.3. The first-order chi connectivity index (χ1) is 4.45. The van der Waals surface area contributed by atoms with E-state index in [1.54, 1.807) is 0 Å². The van der Waals surface area contributed by atoms with Crippen LogP contribution in [0.25, 0.3) is 0 Å². The summed E-state index contributed by atoms with van der Waals surface area (Å²) >= 11 is 6.22. The first kappa shape index (κ1) is 18.7. The Morgan fingerprint density at radius 3 is 2.08 bits per heavy atom. The molecule has 0 bridgehead atoms. The SMILES string of the molecule is N.N.O=P(O)(O)OCC(Br)CBr. The van der Waals surface area contributed by atoms with Crippen LogP contribution in [0.4, 0.5) is 0 Å². The van der Waals surface area contributed by atoms with Crippen LogP contribution in [0.2, 0.25) is 0 Å². The van der Waals surface area contributed by atoms with Gasteiger partial charge in [-0.05, 0) is 0 Å². The second-order valence-corrected chi connectivity index (χ2v) is 4.72. The molecule has 0 aliphatic rings. The van der Waals surface area contributed by atoms with E-state index in [-0.39, 0.29) is 23.7 Å². The maximum Gasteiger partial charge on any atom is 0.469 e. The summed E-state index contributed by atoms with van der Waals surface area (Å²) in [4.78, 5) is 16.4. The lowest BCUT2D eigenvalue weighted by Crippen LogP contribution is -2.08. The largest absolute Gasteiger partial charge is 0.469 e. The van der Waals surface area contributed by atoms with Gasteiger partial charge in [-0.1, -0.05) is 31.9 Å². The van der Waals surface area contributed by atoms with Gasteiger partial charge in [-0.15, -0.1) is 0 Å². The highest BCUT2D eigenvalue weighted by Gasteiger charge is 2.15. The first-order valence-electron chi connectivity index (χ1n) is 2.36.